The number of hydrogen-bond donors (Lipinski definition) is 0. The largest absolute Gasteiger partial charge is 0.0610 e. The van der Waals surface area contributed by atoms with Crippen molar-refractivity contribution >= 4 is 98.4 Å². The van der Waals surface area contributed by atoms with Gasteiger partial charge in [-0.15, -0.1) is 0 Å². The summed E-state index contributed by atoms with van der Waals surface area (Å²) in [5, 5.41) is 18.0. The molecule has 0 spiro atoms. The van der Waals surface area contributed by atoms with E-state index in [0.29, 0.717) is 0 Å². The van der Waals surface area contributed by atoms with Gasteiger partial charge in [0, 0.05) is 0 Å². The first-order chi connectivity index (χ1) is 36.2. The normalized spacial score (nSPS) is 11.8. The van der Waals surface area contributed by atoms with Crippen LogP contribution in [-0.2, 0) is 0 Å². The summed E-state index contributed by atoms with van der Waals surface area (Å²) in [5.41, 5.74) is 15.1. The Bertz CT molecular complexity index is 4580. The van der Waals surface area contributed by atoms with Gasteiger partial charge in [-0.1, -0.05) is 84.9 Å². The van der Waals surface area contributed by atoms with Crippen molar-refractivity contribution in [2.75, 3.05) is 0 Å². The van der Waals surface area contributed by atoms with Crippen molar-refractivity contribution in [2.24, 2.45) is 0 Å². The molecule has 0 saturated carbocycles. The molecule has 338 valence electrons. The summed E-state index contributed by atoms with van der Waals surface area (Å²) in [5.74, 6) is 0. The van der Waals surface area contributed by atoms with Gasteiger partial charge < -0.3 is 0 Å². The standard InChI is InChI=1S/C72H44Se/c1-3-20-52-45(16-1)18-13-30-54(52)47-34-38-49(39-35-47)68-56-22-5-7-24-58(56)70(59-25-8-6-23-57(59)68)51-42-43-66-65(44-51)72-64(32-15-33-67(72)73-66)71-62-28-11-9-26-60(62)69(61-27-10-12-29-63(61)71)50-40-36-48(37-41-50)55-31-14-19-46-17-2-4-21-53(46)55/h1-44H. The van der Waals surface area contributed by atoms with E-state index in [4.69, 9.17) is 0 Å². The maximum absolute atomic E-state index is 2.52. The monoisotopic (exact) mass is 988 g/mol. The number of hydrogen-bond acceptors (Lipinski definition) is 0. The molecule has 0 atom stereocenters. The Morgan fingerprint density at radius 3 is 0.973 bits per heavy atom. The van der Waals surface area contributed by atoms with Gasteiger partial charge in [-0.2, -0.15) is 0 Å². The Kier molecular flexibility index (Phi) is 9.70. The number of benzene rings is 14. The number of rotatable bonds is 6. The van der Waals surface area contributed by atoms with Crippen molar-refractivity contribution in [1.29, 1.82) is 0 Å². The molecular formula is C72H44Se. The molecule has 0 bridgehead atoms. The summed E-state index contributed by atoms with van der Waals surface area (Å²) in [6.45, 7) is 0. The molecular weight excluding hydrogens is 944 g/mol. The van der Waals surface area contributed by atoms with Gasteiger partial charge in [0.1, 0.15) is 0 Å². The van der Waals surface area contributed by atoms with Crippen LogP contribution in [0.25, 0.3) is 151 Å². The van der Waals surface area contributed by atoms with Crippen LogP contribution in [0.2, 0.25) is 0 Å². The maximum Gasteiger partial charge on any atom is -0.0178 e. The van der Waals surface area contributed by atoms with Gasteiger partial charge in [-0.25, -0.2) is 0 Å². The van der Waals surface area contributed by atoms with E-state index in [-0.39, 0.29) is 14.5 Å². The van der Waals surface area contributed by atoms with E-state index in [1.165, 1.54) is 151 Å². The maximum atomic E-state index is 2.52. The van der Waals surface area contributed by atoms with Gasteiger partial charge in [0.05, 0.1) is 0 Å². The third kappa shape index (κ3) is 6.67. The predicted molar refractivity (Wildman–Crippen MR) is 316 cm³/mol. The molecule has 1 heterocycles. The summed E-state index contributed by atoms with van der Waals surface area (Å²) >= 11 is 0.169. The average molecular weight is 988 g/mol. The van der Waals surface area contributed by atoms with E-state index in [9.17, 15) is 0 Å². The molecule has 73 heavy (non-hydrogen) atoms. The van der Waals surface area contributed by atoms with Crippen molar-refractivity contribution in [3.05, 3.63) is 267 Å². The zero-order chi connectivity index (χ0) is 48.0. The first kappa shape index (κ1) is 41.9. The van der Waals surface area contributed by atoms with E-state index in [1.54, 1.807) is 0 Å². The molecule has 0 saturated heterocycles. The zero-order valence-corrected chi connectivity index (χ0v) is 41.5. The fourth-order valence-electron chi connectivity index (χ4n) is 12.3. The van der Waals surface area contributed by atoms with Crippen LogP contribution in [0.5, 0.6) is 0 Å². The van der Waals surface area contributed by atoms with Gasteiger partial charge in [-0.05, 0) is 27.1 Å². The third-order valence-corrected chi connectivity index (χ3v) is 17.8. The van der Waals surface area contributed by atoms with E-state index in [1.807, 2.05) is 0 Å². The van der Waals surface area contributed by atoms with Crippen LogP contribution >= 0.6 is 0 Å². The first-order valence-electron chi connectivity index (χ1n) is 25.2. The van der Waals surface area contributed by atoms with Crippen molar-refractivity contribution in [3.8, 4) is 66.8 Å². The molecule has 14 aromatic carbocycles. The summed E-state index contributed by atoms with van der Waals surface area (Å²) in [4.78, 5) is 0. The summed E-state index contributed by atoms with van der Waals surface area (Å²) in [6, 6.07) is 99.8. The SMILES string of the molecule is c1ccc2c(-c3ccc(-c4c5ccccc5c(-c5ccc6[se]c7cccc(-c8c9ccccc9c(-c9ccc(-c%10cccc%11ccccc%10%11)cc9)c9ccccc89)c7c6c5)c5ccccc45)cc3)cccc2c1. The molecule has 1 aromatic heterocycles. The van der Waals surface area contributed by atoms with Gasteiger partial charge in [-0.3, -0.25) is 0 Å². The summed E-state index contributed by atoms with van der Waals surface area (Å²) in [7, 11) is 0. The zero-order valence-electron chi connectivity index (χ0n) is 39.8. The van der Waals surface area contributed by atoms with Crippen LogP contribution < -0.4 is 0 Å². The molecule has 0 aliphatic carbocycles. The second-order valence-corrected chi connectivity index (χ2v) is 21.7. The molecule has 1 heteroatoms. The Morgan fingerprint density at radius 1 is 0.192 bits per heavy atom. The minimum absolute atomic E-state index is 0.169. The Hall–Kier alpha value is -8.84. The third-order valence-electron chi connectivity index (χ3n) is 15.5. The second kappa shape index (κ2) is 16.9. The van der Waals surface area contributed by atoms with Crippen LogP contribution in [0.3, 0.4) is 0 Å². The first-order valence-corrected chi connectivity index (χ1v) is 26.9. The van der Waals surface area contributed by atoms with Crippen molar-refractivity contribution in [3.63, 3.8) is 0 Å². The smallest absolute Gasteiger partial charge is 0.0178 e. The summed E-state index contributed by atoms with van der Waals surface area (Å²) < 4.78 is 2.88. The Morgan fingerprint density at radius 2 is 0.521 bits per heavy atom. The molecule has 0 fully saturated rings. The van der Waals surface area contributed by atoms with Crippen molar-refractivity contribution in [1.82, 2.24) is 0 Å². The topological polar surface area (TPSA) is 0 Å². The van der Waals surface area contributed by atoms with E-state index < -0.39 is 0 Å². The van der Waals surface area contributed by atoms with Gasteiger partial charge >= 0.3 is 320 Å². The molecule has 15 rings (SSSR count). The quantitative estimate of drug-likeness (QED) is 0.115. The molecule has 0 N–H and O–H groups in total. The van der Waals surface area contributed by atoms with Crippen LogP contribution in [0.15, 0.2) is 267 Å². The van der Waals surface area contributed by atoms with Crippen LogP contribution in [0, 0.1) is 0 Å². The molecule has 0 unspecified atom stereocenters. The molecule has 15 aromatic rings. The minimum Gasteiger partial charge on any atom is -0.0610 e. The number of fused-ring (bicyclic) bond motifs is 9. The van der Waals surface area contributed by atoms with E-state index >= 15 is 0 Å². The van der Waals surface area contributed by atoms with Crippen LogP contribution in [-0.4, -0.2) is 14.5 Å². The second-order valence-electron chi connectivity index (χ2n) is 19.4. The predicted octanol–water partition coefficient (Wildman–Crippen LogP) is 20.0. The van der Waals surface area contributed by atoms with Crippen LogP contribution in [0.4, 0.5) is 0 Å². The van der Waals surface area contributed by atoms with E-state index in [2.05, 4.69) is 267 Å². The molecule has 0 radical (unpaired) electrons. The van der Waals surface area contributed by atoms with Gasteiger partial charge in [0.25, 0.3) is 0 Å². The van der Waals surface area contributed by atoms with Crippen molar-refractivity contribution < 1.29 is 0 Å². The fourth-order valence-corrected chi connectivity index (χ4v) is 14.6. The fraction of sp³-hybridized carbons (Fsp3) is 0. The minimum atomic E-state index is 0.169. The molecule has 0 aliphatic heterocycles. The molecule has 0 amide bonds. The van der Waals surface area contributed by atoms with Crippen molar-refractivity contribution in [2.45, 2.75) is 0 Å². The molecule has 0 aliphatic rings. The Labute approximate surface area is 429 Å². The Balaban J connectivity index is 0.900. The van der Waals surface area contributed by atoms with Crippen LogP contribution in [0.1, 0.15) is 0 Å². The van der Waals surface area contributed by atoms with Gasteiger partial charge in [0.2, 0.25) is 0 Å². The summed E-state index contributed by atoms with van der Waals surface area (Å²) in [6.07, 6.45) is 0. The molecule has 0 nitrogen and oxygen atoms in total. The van der Waals surface area contributed by atoms with E-state index in [0.717, 1.165) is 0 Å². The average Bonchev–Trinajstić information content (AvgIpc) is 3.84. The van der Waals surface area contributed by atoms with Gasteiger partial charge in [0.15, 0.2) is 0 Å².